The molecule has 1 amide bonds. The van der Waals surface area contributed by atoms with Gasteiger partial charge in [0.1, 0.15) is 6.10 Å². The summed E-state index contributed by atoms with van der Waals surface area (Å²) in [4.78, 5) is 14.8. The number of nitrogens with zero attached hydrogens (tertiary/aromatic N) is 1. The van der Waals surface area contributed by atoms with Crippen molar-refractivity contribution in [3.63, 3.8) is 0 Å². The molecule has 2 saturated heterocycles. The average molecular weight is 316 g/mol. The third-order valence-corrected chi connectivity index (χ3v) is 5.21. The van der Waals surface area contributed by atoms with E-state index in [1.54, 1.807) is 0 Å². The maximum absolute atomic E-state index is 12.8. The summed E-state index contributed by atoms with van der Waals surface area (Å²) >= 11 is 0. The Morgan fingerprint density at radius 1 is 1.30 bits per heavy atom. The van der Waals surface area contributed by atoms with Gasteiger partial charge in [0.15, 0.2) is 0 Å². The predicted molar refractivity (Wildman–Crippen MR) is 91.3 cm³/mol. The first-order valence-electron chi connectivity index (χ1n) is 8.82. The number of benzene rings is 1. The van der Waals surface area contributed by atoms with Gasteiger partial charge in [-0.25, -0.2) is 0 Å². The van der Waals surface area contributed by atoms with E-state index in [2.05, 4.69) is 31.3 Å². The number of piperidine rings is 1. The van der Waals surface area contributed by atoms with Crippen molar-refractivity contribution >= 4 is 5.91 Å². The summed E-state index contributed by atoms with van der Waals surface area (Å²) in [5.41, 5.74) is 2.44. The van der Waals surface area contributed by atoms with Crippen LogP contribution in [-0.2, 0) is 9.53 Å². The molecule has 2 fully saturated rings. The predicted octanol–water partition coefficient (Wildman–Crippen LogP) is 2.67. The lowest BCUT2D eigenvalue weighted by Gasteiger charge is -2.39. The fourth-order valence-electron chi connectivity index (χ4n) is 3.69. The van der Waals surface area contributed by atoms with E-state index < -0.39 is 0 Å². The van der Waals surface area contributed by atoms with Crippen molar-refractivity contribution in [1.29, 1.82) is 0 Å². The molecule has 23 heavy (non-hydrogen) atoms. The molecule has 1 aromatic rings. The van der Waals surface area contributed by atoms with Gasteiger partial charge in [-0.15, -0.1) is 0 Å². The highest BCUT2D eigenvalue weighted by atomic mass is 16.5. The van der Waals surface area contributed by atoms with Gasteiger partial charge >= 0.3 is 0 Å². The number of ether oxygens (including phenoxy) is 1. The van der Waals surface area contributed by atoms with Gasteiger partial charge in [-0.2, -0.15) is 0 Å². The van der Waals surface area contributed by atoms with Crippen LogP contribution in [-0.4, -0.2) is 43.1 Å². The van der Waals surface area contributed by atoms with Crippen LogP contribution >= 0.6 is 0 Å². The lowest BCUT2D eigenvalue weighted by molar-refractivity contribution is -0.145. The normalized spacial score (nSPS) is 26.3. The van der Waals surface area contributed by atoms with Crippen molar-refractivity contribution in [3.05, 3.63) is 35.4 Å². The minimum Gasteiger partial charge on any atom is -0.370 e. The van der Waals surface area contributed by atoms with E-state index in [9.17, 15) is 4.79 Å². The lowest BCUT2D eigenvalue weighted by Crippen LogP contribution is -2.49. The SMILES string of the molecule is Cc1ccccc1C1CN(C(=O)CC2CCNCC2)C(C)CO1. The molecule has 2 unspecified atom stereocenters. The van der Waals surface area contributed by atoms with E-state index in [1.165, 1.54) is 11.1 Å². The molecule has 1 aromatic carbocycles. The Morgan fingerprint density at radius 3 is 2.78 bits per heavy atom. The summed E-state index contributed by atoms with van der Waals surface area (Å²) in [6.45, 7) is 7.59. The summed E-state index contributed by atoms with van der Waals surface area (Å²) < 4.78 is 6.02. The molecule has 0 bridgehead atoms. The summed E-state index contributed by atoms with van der Waals surface area (Å²) in [5.74, 6) is 0.835. The fraction of sp³-hybridized carbons (Fsp3) is 0.632. The number of amides is 1. The molecule has 2 aliphatic heterocycles. The van der Waals surface area contributed by atoms with E-state index in [0.29, 0.717) is 31.4 Å². The Morgan fingerprint density at radius 2 is 2.04 bits per heavy atom. The van der Waals surface area contributed by atoms with E-state index in [0.717, 1.165) is 25.9 Å². The number of carbonyl (C=O) groups excluding carboxylic acids is 1. The van der Waals surface area contributed by atoms with Gasteiger partial charge in [0.2, 0.25) is 5.91 Å². The minimum atomic E-state index is 0.00405. The van der Waals surface area contributed by atoms with E-state index in [-0.39, 0.29) is 12.1 Å². The van der Waals surface area contributed by atoms with Crippen molar-refractivity contribution in [1.82, 2.24) is 10.2 Å². The first-order chi connectivity index (χ1) is 11.1. The summed E-state index contributed by atoms with van der Waals surface area (Å²) in [7, 11) is 0. The number of hydrogen-bond acceptors (Lipinski definition) is 3. The Bertz CT molecular complexity index is 540. The zero-order valence-electron chi connectivity index (χ0n) is 14.3. The van der Waals surface area contributed by atoms with Gasteiger partial charge < -0.3 is 15.0 Å². The van der Waals surface area contributed by atoms with Crippen molar-refractivity contribution in [3.8, 4) is 0 Å². The number of aryl methyl sites for hydroxylation is 1. The smallest absolute Gasteiger partial charge is 0.223 e. The van der Waals surface area contributed by atoms with Crippen LogP contribution in [0, 0.1) is 12.8 Å². The van der Waals surface area contributed by atoms with Crippen LogP contribution in [0.5, 0.6) is 0 Å². The molecule has 0 spiro atoms. The maximum atomic E-state index is 12.8. The molecule has 0 aliphatic carbocycles. The standard InChI is InChI=1S/C19H28N2O2/c1-14-5-3-4-6-17(14)18-12-21(15(2)13-23-18)19(22)11-16-7-9-20-10-8-16/h3-6,15-16,18,20H,7-13H2,1-2H3. The maximum Gasteiger partial charge on any atom is 0.223 e. The monoisotopic (exact) mass is 316 g/mol. The van der Waals surface area contributed by atoms with Crippen LogP contribution in [0.4, 0.5) is 0 Å². The van der Waals surface area contributed by atoms with Gasteiger partial charge in [0.25, 0.3) is 0 Å². The molecule has 4 heteroatoms. The van der Waals surface area contributed by atoms with Crippen LogP contribution in [0.2, 0.25) is 0 Å². The molecule has 2 heterocycles. The van der Waals surface area contributed by atoms with Gasteiger partial charge in [-0.05, 0) is 56.8 Å². The van der Waals surface area contributed by atoms with Gasteiger partial charge in [0.05, 0.1) is 19.2 Å². The molecule has 1 N–H and O–H groups in total. The average Bonchev–Trinajstić information content (AvgIpc) is 2.57. The molecule has 3 rings (SSSR count). The first-order valence-corrected chi connectivity index (χ1v) is 8.82. The molecular weight excluding hydrogens is 288 g/mol. The Balaban J connectivity index is 1.65. The van der Waals surface area contributed by atoms with E-state index in [1.807, 2.05) is 17.0 Å². The third kappa shape index (κ3) is 3.93. The van der Waals surface area contributed by atoms with E-state index in [4.69, 9.17) is 4.74 Å². The van der Waals surface area contributed by atoms with E-state index >= 15 is 0 Å². The van der Waals surface area contributed by atoms with Crippen LogP contribution in [0.15, 0.2) is 24.3 Å². The quantitative estimate of drug-likeness (QED) is 0.932. The minimum absolute atomic E-state index is 0.00405. The van der Waals surface area contributed by atoms with Crippen molar-refractivity contribution < 1.29 is 9.53 Å². The molecule has 0 saturated carbocycles. The topological polar surface area (TPSA) is 41.6 Å². The molecule has 0 aromatic heterocycles. The molecule has 2 atom stereocenters. The molecule has 0 radical (unpaired) electrons. The van der Waals surface area contributed by atoms with Crippen molar-refractivity contribution in [2.24, 2.45) is 5.92 Å². The number of nitrogens with one attached hydrogen (secondary N) is 1. The second-order valence-corrected chi connectivity index (χ2v) is 6.97. The fourth-order valence-corrected chi connectivity index (χ4v) is 3.69. The molecule has 4 nitrogen and oxygen atoms in total. The molecular formula is C19H28N2O2. The Kier molecular flexibility index (Phi) is 5.34. The number of morpholine rings is 1. The third-order valence-electron chi connectivity index (χ3n) is 5.21. The van der Waals surface area contributed by atoms with Gasteiger partial charge in [-0.3, -0.25) is 4.79 Å². The van der Waals surface area contributed by atoms with Gasteiger partial charge in [0, 0.05) is 6.42 Å². The second kappa shape index (κ2) is 7.45. The number of rotatable bonds is 3. The molecule has 2 aliphatic rings. The van der Waals surface area contributed by atoms with Crippen molar-refractivity contribution in [2.45, 2.75) is 45.3 Å². The summed E-state index contributed by atoms with van der Waals surface area (Å²) in [6.07, 6.45) is 2.92. The Hall–Kier alpha value is -1.39. The summed E-state index contributed by atoms with van der Waals surface area (Å²) in [6, 6.07) is 8.49. The Labute approximate surface area is 139 Å². The zero-order chi connectivity index (χ0) is 16.2. The van der Waals surface area contributed by atoms with Gasteiger partial charge in [-0.1, -0.05) is 24.3 Å². The first kappa shape index (κ1) is 16.5. The highest BCUT2D eigenvalue weighted by Crippen LogP contribution is 2.28. The highest BCUT2D eigenvalue weighted by molar-refractivity contribution is 5.77. The molecule has 126 valence electrons. The zero-order valence-corrected chi connectivity index (χ0v) is 14.3. The number of carbonyl (C=O) groups is 1. The summed E-state index contributed by atoms with van der Waals surface area (Å²) in [5, 5.41) is 3.37. The number of hydrogen-bond donors (Lipinski definition) is 1. The highest BCUT2D eigenvalue weighted by Gasteiger charge is 2.32. The van der Waals surface area contributed by atoms with Crippen LogP contribution < -0.4 is 5.32 Å². The lowest BCUT2D eigenvalue weighted by atomic mass is 9.93. The van der Waals surface area contributed by atoms with Crippen LogP contribution in [0.3, 0.4) is 0 Å². The second-order valence-electron chi connectivity index (χ2n) is 6.97. The van der Waals surface area contributed by atoms with Crippen LogP contribution in [0.25, 0.3) is 0 Å². The van der Waals surface area contributed by atoms with Crippen molar-refractivity contribution in [2.75, 3.05) is 26.2 Å². The largest absolute Gasteiger partial charge is 0.370 e. The van der Waals surface area contributed by atoms with Crippen LogP contribution in [0.1, 0.15) is 43.4 Å².